The number of aryl methyl sites for hydroxylation is 2. The van der Waals surface area contributed by atoms with Crippen molar-refractivity contribution in [3.8, 4) is 11.1 Å². The Morgan fingerprint density at radius 3 is 1.15 bits per heavy atom. The molecule has 0 amide bonds. The zero-order chi connectivity index (χ0) is 32.5. The van der Waals surface area contributed by atoms with Crippen LogP contribution in [0.2, 0.25) is 0 Å². The SMILES string of the molecule is Cc1ccc(Cn2c[n+](Cc3ccc(-c4ccc(C[n+]5cn(Cc6ccc(C)cc6)c6ccccc65)cc4)cc3)c3ccccc32)cc1. The van der Waals surface area contributed by atoms with Gasteiger partial charge in [0.2, 0.25) is 12.7 Å². The van der Waals surface area contributed by atoms with Crippen molar-refractivity contribution < 1.29 is 9.13 Å². The number of nitrogens with zero attached hydrogens (tertiary/aromatic N) is 4. The minimum Gasteiger partial charge on any atom is -0.226 e. The number of benzene rings is 6. The van der Waals surface area contributed by atoms with Crippen molar-refractivity contribution >= 4 is 22.1 Å². The first-order chi connectivity index (χ1) is 23.6. The summed E-state index contributed by atoms with van der Waals surface area (Å²) in [6.07, 6.45) is 4.52. The van der Waals surface area contributed by atoms with Gasteiger partial charge >= 0.3 is 0 Å². The Morgan fingerprint density at radius 2 is 0.750 bits per heavy atom. The normalized spacial score (nSPS) is 11.5. The van der Waals surface area contributed by atoms with E-state index >= 15 is 0 Å². The zero-order valence-corrected chi connectivity index (χ0v) is 27.6. The van der Waals surface area contributed by atoms with E-state index in [0.717, 1.165) is 26.2 Å². The lowest BCUT2D eigenvalue weighted by Gasteiger charge is -2.06. The smallest absolute Gasteiger partial charge is 0.226 e. The topological polar surface area (TPSA) is 17.6 Å². The van der Waals surface area contributed by atoms with Crippen LogP contribution in [0.25, 0.3) is 33.2 Å². The number of hydrogen-bond acceptors (Lipinski definition) is 0. The van der Waals surface area contributed by atoms with Gasteiger partial charge in [-0.25, -0.2) is 18.3 Å². The van der Waals surface area contributed by atoms with Crippen molar-refractivity contribution in [3.05, 3.63) is 192 Å². The minimum absolute atomic E-state index is 0.829. The number of rotatable bonds is 9. The molecule has 0 saturated heterocycles. The Labute approximate surface area is 282 Å². The van der Waals surface area contributed by atoms with E-state index in [1.807, 2.05) is 0 Å². The van der Waals surface area contributed by atoms with Gasteiger partial charge in [0.25, 0.3) is 0 Å². The van der Waals surface area contributed by atoms with E-state index in [9.17, 15) is 0 Å². The lowest BCUT2D eigenvalue weighted by Crippen LogP contribution is -2.32. The molecular weight excluding hydrogens is 585 g/mol. The Bertz CT molecular complexity index is 2150. The highest BCUT2D eigenvalue weighted by atomic mass is 15.1. The summed E-state index contributed by atoms with van der Waals surface area (Å²) in [5.41, 5.74) is 15.3. The van der Waals surface area contributed by atoms with Gasteiger partial charge in [-0.1, -0.05) is 132 Å². The van der Waals surface area contributed by atoms with Crippen LogP contribution in [0.1, 0.15) is 33.4 Å². The van der Waals surface area contributed by atoms with Crippen LogP contribution in [0.5, 0.6) is 0 Å². The predicted octanol–water partition coefficient (Wildman–Crippen LogP) is 8.65. The molecule has 0 aliphatic rings. The molecule has 4 nitrogen and oxygen atoms in total. The maximum absolute atomic E-state index is 2.36. The number of imidazole rings is 2. The molecule has 6 aromatic carbocycles. The van der Waals surface area contributed by atoms with Gasteiger partial charge in [-0.3, -0.25) is 0 Å². The largest absolute Gasteiger partial charge is 0.245 e. The maximum atomic E-state index is 2.36. The van der Waals surface area contributed by atoms with Gasteiger partial charge in [0.15, 0.2) is 22.1 Å². The van der Waals surface area contributed by atoms with Crippen LogP contribution in [0.4, 0.5) is 0 Å². The van der Waals surface area contributed by atoms with Crippen molar-refractivity contribution in [1.82, 2.24) is 9.13 Å². The molecule has 0 aliphatic heterocycles. The molecule has 48 heavy (non-hydrogen) atoms. The lowest BCUT2D eigenvalue weighted by atomic mass is 10.0. The third-order valence-corrected chi connectivity index (χ3v) is 9.45. The van der Waals surface area contributed by atoms with Crippen molar-refractivity contribution in [1.29, 1.82) is 0 Å². The molecule has 0 atom stereocenters. The summed E-state index contributed by atoms with van der Waals surface area (Å²) in [6.45, 7) is 7.65. The van der Waals surface area contributed by atoms with Crippen LogP contribution >= 0.6 is 0 Å². The fraction of sp³-hybridized carbons (Fsp3) is 0.136. The lowest BCUT2D eigenvalue weighted by molar-refractivity contribution is -0.663. The molecule has 0 aliphatic carbocycles. The Morgan fingerprint density at radius 1 is 0.396 bits per heavy atom. The van der Waals surface area contributed by atoms with Gasteiger partial charge in [0, 0.05) is 0 Å². The third-order valence-electron chi connectivity index (χ3n) is 9.45. The van der Waals surface area contributed by atoms with E-state index in [1.54, 1.807) is 0 Å². The molecule has 8 aromatic rings. The van der Waals surface area contributed by atoms with E-state index in [4.69, 9.17) is 0 Å². The molecule has 0 bridgehead atoms. The van der Waals surface area contributed by atoms with Crippen LogP contribution in [0.3, 0.4) is 0 Å². The molecule has 8 rings (SSSR count). The summed E-state index contributed by atoms with van der Waals surface area (Å²) >= 11 is 0. The van der Waals surface area contributed by atoms with Gasteiger partial charge < -0.3 is 0 Å². The summed E-state index contributed by atoms with van der Waals surface area (Å²) in [7, 11) is 0. The van der Waals surface area contributed by atoms with E-state index in [0.29, 0.717) is 0 Å². The summed E-state index contributed by atoms with van der Waals surface area (Å²) in [5.74, 6) is 0. The van der Waals surface area contributed by atoms with Crippen molar-refractivity contribution in [2.75, 3.05) is 0 Å². The fourth-order valence-electron chi connectivity index (χ4n) is 6.77. The van der Waals surface area contributed by atoms with Gasteiger partial charge in [-0.2, -0.15) is 0 Å². The molecule has 4 heteroatoms. The first-order valence-corrected chi connectivity index (χ1v) is 16.8. The van der Waals surface area contributed by atoms with Crippen LogP contribution in [-0.4, -0.2) is 9.13 Å². The number of fused-ring (bicyclic) bond motifs is 2. The molecule has 2 heterocycles. The average molecular weight is 625 g/mol. The maximum Gasteiger partial charge on any atom is 0.245 e. The summed E-state index contributed by atoms with van der Waals surface area (Å²) < 4.78 is 9.44. The van der Waals surface area contributed by atoms with Gasteiger partial charge in [0.05, 0.1) is 0 Å². The first-order valence-electron chi connectivity index (χ1n) is 16.8. The highest BCUT2D eigenvalue weighted by Gasteiger charge is 2.17. The van der Waals surface area contributed by atoms with Crippen LogP contribution in [-0.2, 0) is 26.2 Å². The Balaban J connectivity index is 0.977. The number of para-hydroxylation sites is 4. The zero-order valence-electron chi connectivity index (χ0n) is 27.6. The highest BCUT2D eigenvalue weighted by molar-refractivity contribution is 5.72. The second kappa shape index (κ2) is 12.8. The second-order valence-corrected chi connectivity index (χ2v) is 13.1. The fourth-order valence-corrected chi connectivity index (χ4v) is 6.77. The Hall–Kier alpha value is -5.74. The van der Waals surface area contributed by atoms with Crippen LogP contribution in [0.15, 0.2) is 158 Å². The molecule has 0 unspecified atom stereocenters. The molecule has 0 fully saturated rings. The van der Waals surface area contributed by atoms with Crippen molar-refractivity contribution in [3.63, 3.8) is 0 Å². The highest BCUT2D eigenvalue weighted by Crippen LogP contribution is 2.22. The van der Waals surface area contributed by atoms with Crippen LogP contribution < -0.4 is 9.13 Å². The molecule has 0 spiro atoms. The number of aromatic nitrogens is 4. The molecular formula is C44H40N4+2. The molecule has 234 valence electrons. The monoisotopic (exact) mass is 624 g/mol. The minimum atomic E-state index is 0.829. The average Bonchev–Trinajstić information content (AvgIpc) is 3.64. The van der Waals surface area contributed by atoms with E-state index < -0.39 is 0 Å². The van der Waals surface area contributed by atoms with E-state index in [2.05, 4.69) is 190 Å². The van der Waals surface area contributed by atoms with Gasteiger partial charge in [0.1, 0.15) is 26.2 Å². The van der Waals surface area contributed by atoms with Crippen molar-refractivity contribution in [2.24, 2.45) is 0 Å². The van der Waals surface area contributed by atoms with Crippen LogP contribution in [0, 0.1) is 13.8 Å². The predicted molar refractivity (Wildman–Crippen MR) is 195 cm³/mol. The van der Waals surface area contributed by atoms with Crippen molar-refractivity contribution in [2.45, 2.75) is 40.0 Å². The molecule has 0 N–H and O–H groups in total. The summed E-state index contributed by atoms with van der Waals surface area (Å²) in [6, 6.07) is 53.1. The summed E-state index contributed by atoms with van der Waals surface area (Å²) in [5, 5.41) is 0. The van der Waals surface area contributed by atoms with E-state index in [1.165, 1.54) is 66.6 Å². The first kappa shape index (κ1) is 29.6. The van der Waals surface area contributed by atoms with E-state index in [-0.39, 0.29) is 0 Å². The number of hydrogen-bond donors (Lipinski definition) is 0. The Kier molecular flexibility index (Phi) is 7.91. The molecule has 0 saturated carbocycles. The van der Waals surface area contributed by atoms with Gasteiger partial charge in [-0.05, 0) is 71.5 Å². The quantitative estimate of drug-likeness (QED) is 0.143. The second-order valence-electron chi connectivity index (χ2n) is 13.1. The van der Waals surface area contributed by atoms with Gasteiger partial charge in [-0.15, -0.1) is 0 Å². The molecule has 0 radical (unpaired) electrons. The third kappa shape index (κ3) is 6.17. The summed E-state index contributed by atoms with van der Waals surface area (Å²) in [4.78, 5) is 0. The molecule has 2 aromatic heterocycles. The standard InChI is InChI=1S/C44H40N4/c1-33-11-15-35(16-12-33)27-45-31-47(43-9-5-3-7-41(43)45)29-37-19-23-39(24-20-37)40-25-21-38(22-26-40)30-48-32-46(42-8-4-6-10-44(42)48)28-36-17-13-34(2)14-18-36/h3-26,31-32H,27-30H2,1-2H3/q+2.